The van der Waals surface area contributed by atoms with Crippen molar-refractivity contribution in [3.63, 3.8) is 0 Å². The lowest BCUT2D eigenvalue weighted by molar-refractivity contribution is 0.0831. The Morgan fingerprint density at radius 2 is 1.87 bits per heavy atom. The number of aromatic nitrogens is 1. The van der Waals surface area contributed by atoms with Gasteiger partial charge in [-0.2, -0.15) is 0 Å². The topological polar surface area (TPSA) is 36.4 Å². The number of rotatable bonds is 4. The summed E-state index contributed by atoms with van der Waals surface area (Å²) in [4.78, 5) is 22.5. The van der Waals surface area contributed by atoms with Crippen LogP contribution < -0.4 is 0 Å². The second kappa shape index (κ2) is 7.82. The number of nitrogens with zero attached hydrogens (tertiary/aromatic N) is 3. The van der Waals surface area contributed by atoms with Crippen molar-refractivity contribution in [2.24, 2.45) is 0 Å². The molecule has 0 aliphatic carbocycles. The number of hydrogen-bond donors (Lipinski definition) is 0. The third kappa shape index (κ3) is 3.38. The van der Waals surface area contributed by atoms with Crippen molar-refractivity contribution >= 4 is 38.2 Å². The van der Waals surface area contributed by atoms with Crippen molar-refractivity contribution in [1.82, 2.24) is 14.8 Å². The van der Waals surface area contributed by atoms with Gasteiger partial charge in [0.1, 0.15) is 0 Å². The summed E-state index contributed by atoms with van der Waals surface area (Å²) >= 11 is 1.64. The van der Waals surface area contributed by atoms with E-state index in [2.05, 4.69) is 58.4 Å². The second-order valence-electron chi connectivity index (χ2n) is 8.25. The summed E-state index contributed by atoms with van der Waals surface area (Å²) < 4.78 is 1.20. The van der Waals surface area contributed by atoms with Gasteiger partial charge in [0.05, 0.1) is 10.4 Å². The number of likely N-dealkylation sites (tertiary alicyclic amines) is 1. The van der Waals surface area contributed by atoms with Crippen LogP contribution in [0.1, 0.15) is 33.1 Å². The molecule has 4 nitrogen and oxygen atoms in total. The van der Waals surface area contributed by atoms with Crippen LogP contribution in [0.15, 0.2) is 60.8 Å². The maximum Gasteiger partial charge on any atom is 0.263 e. The zero-order valence-corrected chi connectivity index (χ0v) is 18.2. The Morgan fingerprint density at radius 1 is 1.10 bits per heavy atom. The van der Waals surface area contributed by atoms with Crippen LogP contribution >= 0.6 is 11.3 Å². The van der Waals surface area contributed by atoms with Gasteiger partial charge in [-0.3, -0.25) is 14.7 Å². The summed E-state index contributed by atoms with van der Waals surface area (Å²) in [6.45, 7) is 2.94. The highest BCUT2D eigenvalue weighted by Crippen LogP contribution is 2.41. The highest BCUT2D eigenvalue weighted by molar-refractivity contribution is 7.21. The molecule has 4 aromatic rings. The van der Waals surface area contributed by atoms with E-state index in [1.807, 2.05) is 26.4 Å². The average molecular weight is 416 g/mol. The van der Waals surface area contributed by atoms with Gasteiger partial charge in [-0.1, -0.05) is 36.4 Å². The van der Waals surface area contributed by atoms with Crippen molar-refractivity contribution in [3.8, 4) is 0 Å². The fraction of sp³-hybridized carbons (Fsp3) is 0.280. The molecule has 0 unspecified atom stereocenters. The Hall–Kier alpha value is -2.76. The van der Waals surface area contributed by atoms with Crippen LogP contribution in [-0.2, 0) is 6.54 Å². The normalized spacial score (nSPS) is 17.1. The maximum absolute atomic E-state index is 12.9. The van der Waals surface area contributed by atoms with Gasteiger partial charge in [0.15, 0.2) is 0 Å². The SMILES string of the molecule is CN(C)C(=O)c1sc2ccccc2c1[C@@H]1CCN(Cc2ccnc3ccccc23)C1. The predicted octanol–water partition coefficient (Wildman–Crippen LogP) is 5.14. The lowest BCUT2D eigenvalue weighted by atomic mass is 9.95. The van der Waals surface area contributed by atoms with E-state index >= 15 is 0 Å². The molecule has 2 aromatic heterocycles. The number of para-hydroxylation sites is 1. The standard InChI is InChI=1S/C25H25N3OS/c1-27(2)25(29)24-23(20-8-4-6-10-22(20)30-24)18-12-14-28(16-18)15-17-11-13-26-21-9-5-3-7-19(17)21/h3-11,13,18H,12,14-16H2,1-2H3/t18-/m1/s1. The molecule has 1 aliphatic heterocycles. The Kier molecular flexibility index (Phi) is 5.01. The van der Waals surface area contributed by atoms with Crippen LogP contribution in [0.4, 0.5) is 0 Å². The first-order valence-corrected chi connectivity index (χ1v) is 11.2. The fourth-order valence-corrected chi connectivity index (χ4v) is 5.89. The van der Waals surface area contributed by atoms with Gasteiger partial charge in [-0.15, -0.1) is 11.3 Å². The molecule has 1 aliphatic rings. The first-order chi connectivity index (χ1) is 14.6. The minimum absolute atomic E-state index is 0.116. The van der Waals surface area contributed by atoms with Crippen LogP contribution in [0.3, 0.4) is 0 Å². The lowest BCUT2D eigenvalue weighted by Crippen LogP contribution is -2.23. The van der Waals surface area contributed by atoms with E-state index in [0.717, 1.165) is 36.4 Å². The summed E-state index contributed by atoms with van der Waals surface area (Å²) in [5.41, 5.74) is 3.62. The van der Waals surface area contributed by atoms with E-state index in [4.69, 9.17) is 0 Å². The third-order valence-corrected chi connectivity index (χ3v) is 7.22. The molecule has 1 fully saturated rings. The van der Waals surface area contributed by atoms with E-state index < -0.39 is 0 Å². The molecule has 152 valence electrons. The molecule has 0 bridgehead atoms. The van der Waals surface area contributed by atoms with E-state index in [1.54, 1.807) is 16.2 Å². The molecule has 1 saturated heterocycles. The van der Waals surface area contributed by atoms with Gasteiger partial charge in [0, 0.05) is 49.4 Å². The summed E-state index contributed by atoms with van der Waals surface area (Å²) in [5.74, 6) is 0.498. The average Bonchev–Trinajstić information content (AvgIpc) is 3.37. The molecule has 5 heteroatoms. The predicted molar refractivity (Wildman–Crippen MR) is 124 cm³/mol. The summed E-state index contributed by atoms with van der Waals surface area (Å²) in [5, 5.41) is 2.47. The number of carbonyl (C=O) groups is 1. The number of amides is 1. The van der Waals surface area contributed by atoms with Crippen molar-refractivity contribution in [1.29, 1.82) is 0 Å². The van der Waals surface area contributed by atoms with Gasteiger partial charge in [0.25, 0.3) is 5.91 Å². The van der Waals surface area contributed by atoms with Gasteiger partial charge in [0.2, 0.25) is 0 Å². The molecular weight excluding hydrogens is 390 g/mol. The summed E-state index contributed by atoms with van der Waals surface area (Å²) in [7, 11) is 3.68. The quantitative estimate of drug-likeness (QED) is 0.463. The van der Waals surface area contributed by atoms with Crippen molar-refractivity contribution in [3.05, 3.63) is 76.8 Å². The zero-order chi connectivity index (χ0) is 20.7. The zero-order valence-electron chi connectivity index (χ0n) is 17.3. The highest BCUT2D eigenvalue weighted by Gasteiger charge is 2.31. The van der Waals surface area contributed by atoms with Gasteiger partial charge >= 0.3 is 0 Å². The number of carbonyl (C=O) groups excluding carboxylic acids is 1. The molecule has 0 radical (unpaired) electrons. The molecule has 2 aromatic carbocycles. The smallest absolute Gasteiger partial charge is 0.263 e. The van der Waals surface area contributed by atoms with E-state index in [9.17, 15) is 4.79 Å². The molecule has 30 heavy (non-hydrogen) atoms. The Morgan fingerprint density at radius 3 is 2.70 bits per heavy atom. The monoisotopic (exact) mass is 415 g/mol. The van der Waals surface area contributed by atoms with Crippen LogP contribution in [-0.4, -0.2) is 47.9 Å². The first-order valence-electron chi connectivity index (χ1n) is 10.4. The van der Waals surface area contributed by atoms with Crippen LogP contribution in [0.25, 0.3) is 21.0 Å². The van der Waals surface area contributed by atoms with Crippen molar-refractivity contribution in [2.45, 2.75) is 18.9 Å². The van der Waals surface area contributed by atoms with Crippen molar-refractivity contribution in [2.75, 3.05) is 27.2 Å². The fourth-order valence-electron chi connectivity index (χ4n) is 4.58. The number of fused-ring (bicyclic) bond motifs is 2. The maximum atomic E-state index is 12.9. The van der Waals surface area contributed by atoms with E-state index in [1.165, 1.54) is 26.6 Å². The molecule has 1 amide bonds. The molecule has 0 saturated carbocycles. The number of thiophene rings is 1. The molecular formula is C25H25N3OS. The van der Waals surface area contributed by atoms with Gasteiger partial charge in [-0.25, -0.2) is 0 Å². The van der Waals surface area contributed by atoms with Crippen LogP contribution in [0.2, 0.25) is 0 Å². The van der Waals surface area contributed by atoms with E-state index in [-0.39, 0.29) is 5.91 Å². The first kappa shape index (κ1) is 19.2. The number of pyridine rings is 1. The minimum atomic E-state index is 0.116. The second-order valence-corrected chi connectivity index (χ2v) is 9.30. The Labute approximate surface area is 180 Å². The highest BCUT2D eigenvalue weighted by atomic mass is 32.1. The lowest BCUT2D eigenvalue weighted by Gasteiger charge is -2.18. The van der Waals surface area contributed by atoms with Crippen LogP contribution in [0, 0.1) is 0 Å². The molecule has 3 heterocycles. The number of benzene rings is 2. The third-order valence-electron chi connectivity index (χ3n) is 6.05. The minimum Gasteiger partial charge on any atom is -0.344 e. The van der Waals surface area contributed by atoms with E-state index in [0.29, 0.717) is 5.92 Å². The molecule has 1 atom stereocenters. The van der Waals surface area contributed by atoms with Crippen molar-refractivity contribution < 1.29 is 4.79 Å². The molecule has 0 N–H and O–H groups in total. The largest absolute Gasteiger partial charge is 0.344 e. The summed E-state index contributed by atoms with van der Waals surface area (Å²) in [6, 6.07) is 18.9. The molecule has 0 spiro atoms. The summed E-state index contributed by atoms with van der Waals surface area (Å²) in [6.07, 6.45) is 2.99. The van der Waals surface area contributed by atoms with Gasteiger partial charge < -0.3 is 4.90 Å². The Bertz CT molecular complexity index is 1220. The number of hydrogen-bond acceptors (Lipinski definition) is 4. The van der Waals surface area contributed by atoms with Crippen LogP contribution in [0.5, 0.6) is 0 Å². The Balaban J connectivity index is 1.45. The van der Waals surface area contributed by atoms with Gasteiger partial charge in [-0.05, 0) is 47.7 Å². The molecule has 5 rings (SSSR count).